The van der Waals surface area contributed by atoms with Crippen molar-refractivity contribution in [3.05, 3.63) is 16.4 Å². The maximum Gasteiger partial charge on any atom is 0.130 e. The molecule has 1 aromatic rings. The molecule has 0 aliphatic rings. The second kappa shape index (κ2) is 3.31. The van der Waals surface area contributed by atoms with Gasteiger partial charge in [-0.25, -0.2) is 0 Å². The monoisotopic (exact) mass is 202 g/mol. The van der Waals surface area contributed by atoms with E-state index in [1.54, 1.807) is 25.6 Å². The van der Waals surface area contributed by atoms with E-state index in [1.807, 2.05) is 6.92 Å². The SMILES string of the molecule is Cc1nn(C)c(Cl)c1CC(C)(C)O. The van der Waals surface area contributed by atoms with Crippen molar-refractivity contribution < 1.29 is 5.11 Å². The minimum Gasteiger partial charge on any atom is -0.390 e. The summed E-state index contributed by atoms with van der Waals surface area (Å²) >= 11 is 6.01. The standard InChI is InChI=1S/C9H15ClN2O/c1-6-7(5-9(2,3)13)8(10)12(4)11-6/h13H,5H2,1-4H3. The van der Waals surface area contributed by atoms with Crippen LogP contribution in [-0.2, 0) is 13.5 Å². The van der Waals surface area contributed by atoms with Crippen LogP contribution in [0.3, 0.4) is 0 Å². The summed E-state index contributed by atoms with van der Waals surface area (Å²) in [5.74, 6) is 0. The molecule has 0 atom stereocenters. The molecule has 0 saturated heterocycles. The van der Waals surface area contributed by atoms with Crippen LogP contribution in [0.1, 0.15) is 25.1 Å². The van der Waals surface area contributed by atoms with E-state index in [9.17, 15) is 5.11 Å². The van der Waals surface area contributed by atoms with Crippen LogP contribution in [0.2, 0.25) is 5.15 Å². The third-order valence-electron chi connectivity index (χ3n) is 1.88. The van der Waals surface area contributed by atoms with E-state index in [4.69, 9.17) is 11.6 Å². The summed E-state index contributed by atoms with van der Waals surface area (Å²) in [5.41, 5.74) is 1.07. The molecule has 0 aromatic carbocycles. The second-order valence-electron chi connectivity index (χ2n) is 3.97. The van der Waals surface area contributed by atoms with Crippen LogP contribution in [0, 0.1) is 6.92 Å². The van der Waals surface area contributed by atoms with Gasteiger partial charge in [0, 0.05) is 19.0 Å². The molecule has 0 aliphatic heterocycles. The zero-order chi connectivity index (χ0) is 10.2. The average molecular weight is 203 g/mol. The summed E-state index contributed by atoms with van der Waals surface area (Å²) < 4.78 is 1.62. The fourth-order valence-corrected chi connectivity index (χ4v) is 1.55. The van der Waals surface area contributed by atoms with Crippen LogP contribution in [0.4, 0.5) is 0 Å². The Hall–Kier alpha value is -0.540. The number of hydrogen-bond acceptors (Lipinski definition) is 2. The number of halogens is 1. The van der Waals surface area contributed by atoms with Gasteiger partial charge in [-0.3, -0.25) is 4.68 Å². The Morgan fingerprint density at radius 1 is 1.54 bits per heavy atom. The lowest BCUT2D eigenvalue weighted by Gasteiger charge is -2.16. The van der Waals surface area contributed by atoms with Crippen molar-refractivity contribution in [2.45, 2.75) is 32.8 Å². The molecule has 74 valence electrons. The fourth-order valence-electron chi connectivity index (χ4n) is 1.31. The molecule has 3 nitrogen and oxygen atoms in total. The first-order valence-electron chi connectivity index (χ1n) is 4.21. The first kappa shape index (κ1) is 10.5. The number of aliphatic hydroxyl groups is 1. The highest BCUT2D eigenvalue weighted by molar-refractivity contribution is 6.30. The molecule has 0 bridgehead atoms. The Bertz CT molecular complexity index is 312. The van der Waals surface area contributed by atoms with Crippen molar-refractivity contribution in [3.63, 3.8) is 0 Å². The van der Waals surface area contributed by atoms with E-state index < -0.39 is 5.60 Å². The number of rotatable bonds is 2. The van der Waals surface area contributed by atoms with Gasteiger partial charge in [0.15, 0.2) is 0 Å². The van der Waals surface area contributed by atoms with E-state index in [0.29, 0.717) is 11.6 Å². The van der Waals surface area contributed by atoms with E-state index >= 15 is 0 Å². The molecule has 0 saturated carbocycles. The highest BCUT2D eigenvalue weighted by Crippen LogP contribution is 2.23. The maximum absolute atomic E-state index is 9.63. The van der Waals surface area contributed by atoms with Gasteiger partial charge in [0.1, 0.15) is 5.15 Å². The lowest BCUT2D eigenvalue weighted by Crippen LogP contribution is -2.22. The molecular formula is C9H15ClN2O. The summed E-state index contributed by atoms with van der Waals surface area (Å²) in [6.45, 7) is 5.42. The van der Waals surface area contributed by atoms with Crippen molar-refractivity contribution in [3.8, 4) is 0 Å². The Morgan fingerprint density at radius 2 is 2.08 bits per heavy atom. The first-order chi connectivity index (χ1) is 5.81. The van der Waals surface area contributed by atoms with E-state index in [0.717, 1.165) is 11.3 Å². The fraction of sp³-hybridized carbons (Fsp3) is 0.667. The minimum absolute atomic E-state index is 0.533. The van der Waals surface area contributed by atoms with Gasteiger partial charge < -0.3 is 5.11 Å². The first-order valence-corrected chi connectivity index (χ1v) is 4.59. The van der Waals surface area contributed by atoms with E-state index in [1.165, 1.54) is 0 Å². The molecule has 0 spiro atoms. The van der Waals surface area contributed by atoms with Gasteiger partial charge in [-0.05, 0) is 20.8 Å². The summed E-state index contributed by atoms with van der Waals surface area (Å²) in [5, 5.41) is 14.4. The minimum atomic E-state index is -0.739. The van der Waals surface area contributed by atoms with Gasteiger partial charge in [-0.15, -0.1) is 0 Å². The average Bonchev–Trinajstić information content (AvgIpc) is 2.14. The summed E-state index contributed by atoms with van der Waals surface area (Å²) in [4.78, 5) is 0. The van der Waals surface area contributed by atoms with Gasteiger partial charge in [-0.1, -0.05) is 11.6 Å². The van der Waals surface area contributed by atoms with Gasteiger partial charge in [-0.2, -0.15) is 5.10 Å². The largest absolute Gasteiger partial charge is 0.390 e. The summed E-state index contributed by atoms with van der Waals surface area (Å²) in [6.07, 6.45) is 0.533. The molecule has 0 amide bonds. The molecule has 13 heavy (non-hydrogen) atoms. The van der Waals surface area contributed by atoms with Crippen molar-refractivity contribution >= 4 is 11.6 Å². The number of aryl methyl sites for hydroxylation is 2. The molecule has 0 unspecified atom stereocenters. The smallest absolute Gasteiger partial charge is 0.130 e. The summed E-state index contributed by atoms with van der Waals surface area (Å²) in [6, 6.07) is 0. The zero-order valence-electron chi connectivity index (χ0n) is 8.43. The molecule has 1 aromatic heterocycles. The van der Waals surface area contributed by atoms with Gasteiger partial charge in [0.05, 0.1) is 11.3 Å². The second-order valence-corrected chi connectivity index (χ2v) is 4.33. The molecular weight excluding hydrogens is 188 g/mol. The van der Waals surface area contributed by atoms with E-state index in [2.05, 4.69) is 5.10 Å². The normalized spacial score (nSPS) is 12.2. The van der Waals surface area contributed by atoms with Crippen LogP contribution in [-0.4, -0.2) is 20.5 Å². The molecule has 4 heteroatoms. The Labute approximate surface area is 83.3 Å². The van der Waals surface area contributed by atoms with Crippen LogP contribution < -0.4 is 0 Å². The third kappa shape index (κ3) is 2.45. The molecule has 1 heterocycles. The van der Waals surface area contributed by atoms with Crippen molar-refractivity contribution in [1.82, 2.24) is 9.78 Å². The van der Waals surface area contributed by atoms with Crippen LogP contribution >= 0.6 is 11.6 Å². The van der Waals surface area contributed by atoms with Gasteiger partial charge in [0.2, 0.25) is 0 Å². The lowest BCUT2D eigenvalue weighted by molar-refractivity contribution is 0.0808. The molecule has 1 N–H and O–H groups in total. The Morgan fingerprint density at radius 3 is 2.38 bits per heavy atom. The number of aromatic nitrogens is 2. The quantitative estimate of drug-likeness (QED) is 0.793. The maximum atomic E-state index is 9.63. The predicted octanol–water partition coefficient (Wildman–Crippen LogP) is 1.70. The topological polar surface area (TPSA) is 38.0 Å². The van der Waals surface area contributed by atoms with Crippen molar-refractivity contribution in [2.24, 2.45) is 7.05 Å². The lowest BCUT2D eigenvalue weighted by atomic mass is 9.99. The van der Waals surface area contributed by atoms with Crippen LogP contribution in [0.5, 0.6) is 0 Å². The van der Waals surface area contributed by atoms with Crippen LogP contribution in [0.15, 0.2) is 0 Å². The highest BCUT2D eigenvalue weighted by atomic mass is 35.5. The molecule has 0 fully saturated rings. The molecule has 1 rings (SSSR count). The zero-order valence-corrected chi connectivity index (χ0v) is 9.18. The number of hydrogen-bond donors (Lipinski definition) is 1. The van der Waals surface area contributed by atoms with Crippen molar-refractivity contribution in [2.75, 3.05) is 0 Å². The number of nitrogens with zero attached hydrogens (tertiary/aromatic N) is 2. The molecule has 0 radical (unpaired) electrons. The summed E-state index contributed by atoms with van der Waals surface area (Å²) in [7, 11) is 1.79. The van der Waals surface area contributed by atoms with E-state index in [-0.39, 0.29) is 0 Å². The van der Waals surface area contributed by atoms with Crippen molar-refractivity contribution in [1.29, 1.82) is 0 Å². The Kier molecular flexibility index (Phi) is 2.68. The molecule has 0 aliphatic carbocycles. The predicted molar refractivity (Wildman–Crippen MR) is 53.0 cm³/mol. The van der Waals surface area contributed by atoms with Crippen LogP contribution in [0.25, 0.3) is 0 Å². The third-order valence-corrected chi connectivity index (χ3v) is 2.35. The highest BCUT2D eigenvalue weighted by Gasteiger charge is 2.20. The van der Waals surface area contributed by atoms with Gasteiger partial charge in [0.25, 0.3) is 0 Å². The Balaban J connectivity index is 3.01. The van der Waals surface area contributed by atoms with Gasteiger partial charge >= 0.3 is 0 Å².